The lowest BCUT2D eigenvalue weighted by molar-refractivity contribution is 0.673. The van der Waals surface area contributed by atoms with E-state index in [0.29, 0.717) is 23.3 Å². The van der Waals surface area contributed by atoms with Gasteiger partial charge in [-0.25, -0.2) is 24.9 Å². The summed E-state index contributed by atoms with van der Waals surface area (Å²) in [6.07, 6.45) is 0. The summed E-state index contributed by atoms with van der Waals surface area (Å²) in [6, 6.07) is 81.8. The Morgan fingerprint density at radius 3 is 1.48 bits per heavy atom. The highest BCUT2D eigenvalue weighted by Crippen LogP contribution is 2.50. The smallest absolute Gasteiger partial charge is 0.164 e. The molecule has 0 atom stereocenters. The molecule has 0 amide bonds. The van der Waals surface area contributed by atoms with Crippen molar-refractivity contribution in [3.05, 3.63) is 237 Å². The molecule has 0 radical (unpaired) electrons. The Morgan fingerprint density at radius 1 is 0.315 bits per heavy atom. The summed E-state index contributed by atoms with van der Waals surface area (Å²) >= 11 is 0. The number of furan rings is 1. The second-order valence-electron chi connectivity index (χ2n) is 18.3. The van der Waals surface area contributed by atoms with E-state index in [0.717, 1.165) is 121 Å². The van der Waals surface area contributed by atoms with Crippen molar-refractivity contribution in [1.82, 2.24) is 34.1 Å². The summed E-state index contributed by atoms with van der Waals surface area (Å²) < 4.78 is 11.9. The highest BCUT2D eigenvalue weighted by atomic mass is 16.3. The summed E-state index contributed by atoms with van der Waals surface area (Å²) in [6.45, 7) is 0. The zero-order chi connectivity index (χ0) is 48.0. The van der Waals surface area contributed by atoms with Crippen molar-refractivity contribution in [3.63, 3.8) is 0 Å². The van der Waals surface area contributed by atoms with Crippen molar-refractivity contribution < 1.29 is 4.42 Å². The average molecular weight is 934 g/mol. The van der Waals surface area contributed by atoms with Crippen LogP contribution in [-0.2, 0) is 0 Å². The fourth-order valence-electron chi connectivity index (χ4n) is 11.0. The Balaban J connectivity index is 1.11. The van der Waals surface area contributed by atoms with E-state index in [-0.39, 0.29) is 0 Å². The number of benzene rings is 10. The highest BCUT2D eigenvalue weighted by Gasteiger charge is 2.29. The first kappa shape index (κ1) is 40.8. The Labute approximate surface area is 417 Å². The van der Waals surface area contributed by atoms with Gasteiger partial charge in [-0.15, -0.1) is 0 Å². The van der Waals surface area contributed by atoms with Crippen molar-refractivity contribution >= 4 is 76.5 Å². The third-order valence-corrected chi connectivity index (χ3v) is 14.2. The molecule has 0 fully saturated rings. The number of para-hydroxylation sites is 5. The SMILES string of the molecule is c1ccc(-c2nc(-c3ccccc3)nc(-c3cc(-n4c5ccccc5c5c6oc7ccccc7c6c6c7ccccc7n(-c7ccccc7)c6c54)ccc3-c3nc(-c4ccccc4)c4ccccc4n3)n2)cc1. The van der Waals surface area contributed by atoms with Crippen LogP contribution in [0.15, 0.2) is 241 Å². The molecule has 5 aromatic heterocycles. The first-order valence-electron chi connectivity index (χ1n) is 24.4. The molecule has 0 aliphatic carbocycles. The molecular formula is C65H39N7O. The van der Waals surface area contributed by atoms with Crippen LogP contribution in [0, 0.1) is 0 Å². The van der Waals surface area contributed by atoms with Gasteiger partial charge in [-0.2, -0.15) is 0 Å². The third-order valence-electron chi connectivity index (χ3n) is 14.2. The Bertz CT molecular complexity index is 4600. The maximum absolute atomic E-state index is 7.09. The molecule has 10 aromatic carbocycles. The summed E-state index contributed by atoms with van der Waals surface area (Å²) in [7, 11) is 0. The van der Waals surface area contributed by atoms with Gasteiger partial charge in [0.05, 0.1) is 38.7 Å². The maximum Gasteiger partial charge on any atom is 0.164 e. The normalized spacial score (nSPS) is 11.8. The molecule has 0 N–H and O–H groups in total. The molecule has 0 aliphatic rings. The summed E-state index contributed by atoms with van der Waals surface area (Å²) in [5.41, 5.74) is 13.8. The van der Waals surface area contributed by atoms with E-state index in [2.05, 4.69) is 149 Å². The fourth-order valence-corrected chi connectivity index (χ4v) is 11.0. The largest absolute Gasteiger partial charge is 0.455 e. The van der Waals surface area contributed by atoms with Crippen LogP contribution in [0.5, 0.6) is 0 Å². The van der Waals surface area contributed by atoms with Gasteiger partial charge >= 0.3 is 0 Å². The summed E-state index contributed by atoms with van der Waals surface area (Å²) in [5.74, 6) is 2.17. The average Bonchev–Trinajstić information content (AvgIpc) is 4.14. The number of fused-ring (bicyclic) bond motifs is 13. The first-order chi connectivity index (χ1) is 36.2. The predicted molar refractivity (Wildman–Crippen MR) is 296 cm³/mol. The van der Waals surface area contributed by atoms with Crippen LogP contribution >= 0.6 is 0 Å². The molecule has 0 saturated carbocycles. The molecule has 8 nitrogen and oxygen atoms in total. The van der Waals surface area contributed by atoms with Crippen LogP contribution in [-0.4, -0.2) is 34.1 Å². The molecule has 0 aliphatic heterocycles. The number of hydrogen-bond acceptors (Lipinski definition) is 6. The van der Waals surface area contributed by atoms with Crippen LogP contribution in [0.4, 0.5) is 0 Å². The zero-order valence-corrected chi connectivity index (χ0v) is 39.1. The zero-order valence-electron chi connectivity index (χ0n) is 39.1. The quantitative estimate of drug-likeness (QED) is 0.158. The first-order valence-corrected chi connectivity index (χ1v) is 24.4. The van der Waals surface area contributed by atoms with E-state index < -0.39 is 0 Å². The third kappa shape index (κ3) is 6.37. The highest BCUT2D eigenvalue weighted by molar-refractivity contribution is 6.39. The van der Waals surface area contributed by atoms with Gasteiger partial charge in [0, 0.05) is 71.5 Å². The van der Waals surface area contributed by atoms with Crippen LogP contribution in [0.25, 0.3) is 145 Å². The monoisotopic (exact) mass is 933 g/mol. The molecule has 5 heterocycles. The Kier molecular flexibility index (Phi) is 9.09. The van der Waals surface area contributed by atoms with Gasteiger partial charge < -0.3 is 13.6 Å². The van der Waals surface area contributed by atoms with Gasteiger partial charge in [0.25, 0.3) is 0 Å². The number of rotatable bonds is 7. The molecule has 73 heavy (non-hydrogen) atoms. The lowest BCUT2D eigenvalue weighted by Gasteiger charge is -2.17. The molecule has 340 valence electrons. The van der Waals surface area contributed by atoms with Crippen LogP contribution < -0.4 is 0 Å². The summed E-state index contributed by atoms with van der Waals surface area (Å²) in [4.78, 5) is 26.6. The lowest BCUT2D eigenvalue weighted by atomic mass is 10.0. The van der Waals surface area contributed by atoms with Crippen LogP contribution in [0.3, 0.4) is 0 Å². The van der Waals surface area contributed by atoms with E-state index in [1.54, 1.807) is 0 Å². The van der Waals surface area contributed by atoms with E-state index in [4.69, 9.17) is 29.3 Å². The van der Waals surface area contributed by atoms with Crippen molar-refractivity contribution in [2.24, 2.45) is 0 Å². The number of aromatic nitrogens is 7. The molecule has 8 heteroatoms. The number of nitrogens with zero attached hydrogens (tertiary/aromatic N) is 7. The molecule has 15 aromatic rings. The Morgan fingerprint density at radius 2 is 0.808 bits per heavy atom. The van der Waals surface area contributed by atoms with Crippen LogP contribution in [0.1, 0.15) is 0 Å². The second-order valence-corrected chi connectivity index (χ2v) is 18.3. The van der Waals surface area contributed by atoms with E-state index in [9.17, 15) is 0 Å². The van der Waals surface area contributed by atoms with Gasteiger partial charge in [-0.1, -0.05) is 182 Å². The molecule has 0 unspecified atom stereocenters. The summed E-state index contributed by atoms with van der Waals surface area (Å²) in [5, 5.41) is 7.51. The standard InChI is InChI=1S/C65H39N7O/c1-5-21-40(22-6-1)58-46-29-13-17-33-51(46)66-64(67-58)45-38-37-44(39-50(45)65-69-62(41-23-7-2-8-24-41)68-63(70-65)42-25-9-3-10-26-42)72-53-35-19-15-31-48(53)57-60(72)59-55(56-49-32-16-20-36-54(49)73-61(56)57)47-30-14-18-34-52(47)71(59)43-27-11-4-12-28-43/h1-39H. The predicted octanol–water partition coefficient (Wildman–Crippen LogP) is 16.2. The van der Waals surface area contributed by atoms with Crippen molar-refractivity contribution in [1.29, 1.82) is 0 Å². The van der Waals surface area contributed by atoms with E-state index >= 15 is 0 Å². The van der Waals surface area contributed by atoms with Crippen LogP contribution in [0.2, 0.25) is 0 Å². The van der Waals surface area contributed by atoms with E-state index in [1.807, 2.05) is 97.1 Å². The van der Waals surface area contributed by atoms with Crippen molar-refractivity contribution in [3.8, 4) is 68.2 Å². The second kappa shape index (κ2) is 16.3. The van der Waals surface area contributed by atoms with Gasteiger partial charge in [-0.05, 0) is 54.6 Å². The van der Waals surface area contributed by atoms with Crippen molar-refractivity contribution in [2.45, 2.75) is 0 Å². The molecule has 0 spiro atoms. The molecule has 15 rings (SSSR count). The maximum atomic E-state index is 7.09. The van der Waals surface area contributed by atoms with Gasteiger partial charge in [-0.3, -0.25) is 0 Å². The minimum absolute atomic E-state index is 0.492. The molecule has 0 saturated heterocycles. The number of hydrogen-bond donors (Lipinski definition) is 0. The van der Waals surface area contributed by atoms with Gasteiger partial charge in [0.2, 0.25) is 0 Å². The molecule has 0 bridgehead atoms. The lowest BCUT2D eigenvalue weighted by Crippen LogP contribution is -2.04. The van der Waals surface area contributed by atoms with Gasteiger partial charge in [0.1, 0.15) is 11.2 Å². The molecular weight excluding hydrogens is 895 g/mol. The Hall–Kier alpha value is -10.1. The minimum atomic E-state index is 0.492. The minimum Gasteiger partial charge on any atom is -0.455 e. The van der Waals surface area contributed by atoms with Gasteiger partial charge in [0.15, 0.2) is 23.3 Å². The topological polar surface area (TPSA) is 87.5 Å². The van der Waals surface area contributed by atoms with Crippen molar-refractivity contribution in [2.75, 3.05) is 0 Å². The fraction of sp³-hybridized carbons (Fsp3) is 0. The van der Waals surface area contributed by atoms with E-state index in [1.165, 1.54) is 0 Å².